The third kappa shape index (κ3) is 5.08. The summed E-state index contributed by atoms with van der Waals surface area (Å²) in [5, 5.41) is 8.34. The number of halogens is 1. The van der Waals surface area contributed by atoms with Crippen LogP contribution in [0.2, 0.25) is 0 Å². The number of hydrogen-bond acceptors (Lipinski definition) is 7. The Bertz CT molecular complexity index is 1760. The van der Waals surface area contributed by atoms with Gasteiger partial charge in [-0.2, -0.15) is 0 Å². The second-order valence-corrected chi connectivity index (χ2v) is 8.70. The van der Waals surface area contributed by atoms with Crippen LogP contribution in [-0.4, -0.2) is 27.0 Å². The van der Waals surface area contributed by atoms with E-state index in [4.69, 9.17) is 4.74 Å². The monoisotopic (exact) mass is 514 g/mol. The Kier molecular flexibility index (Phi) is 6.49. The summed E-state index contributed by atoms with van der Waals surface area (Å²) in [5.41, 5.74) is 4.17. The first-order valence-corrected chi connectivity index (χ1v) is 12.3. The first-order chi connectivity index (χ1) is 19.2. The van der Waals surface area contributed by atoms with Gasteiger partial charge in [-0.25, -0.2) is 24.3 Å². The van der Waals surface area contributed by atoms with E-state index in [1.165, 1.54) is 12.1 Å². The highest BCUT2D eigenvalue weighted by Crippen LogP contribution is 2.34. The maximum atomic E-state index is 13.5. The lowest BCUT2D eigenvalue weighted by atomic mass is 10.0. The molecule has 0 aliphatic carbocycles. The van der Waals surface area contributed by atoms with Crippen LogP contribution in [0.3, 0.4) is 0 Å². The molecule has 6 rings (SSSR count). The van der Waals surface area contributed by atoms with E-state index in [1.54, 1.807) is 31.6 Å². The molecule has 0 amide bonds. The maximum Gasteiger partial charge on any atom is 0.228 e. The molecule has 0 radical (unpaired) electrons. The molecular weight excluding hydrogens is 491 g/mol. The number of fused-ring (bicyclic) bond motifs is 1. The number of anilines is 3. The zero-order chi connectivity index (χ0) is 26.6. The third-order valence-electron chi connectivity index (χ3n) is 6.21. The lowest BCUT2D eigenvalue weighted by Gasteiger charge is -2.13. The number of aromatic nitrogens is 4. The van der Waals surface area contributed by atoms with Gasteiger partial charge >= 0.3 is 0 Å². The second kappa shape index (κ2) is 10.5. The summed E-state index contributed by atoms with van der Waals surface area (Å²) in [5.74, 6) is 2.06. The van der Waals surface area contributed by atoms with Crippen LogP contribution in [0.1, 0.15) is 0 Å². The Balaban J connectivity index is 1.25. The summed E-state index contributed by atoms with van der Waals surface area (Å²) in [7, 11) is 1.77. The van der Waals surface area contributed by atoms with Crippen LogP contribution < -0.4 is 15.4 Å². The summed E-state index contributed by atoms with van der Waals surface area (Å²) in [6, 6.07) is 27.6. The molecule has 0 fully saturated rings. The quantitative estimate of drug-likeness (QED) is 0.229. The zero-order valence-electron chi connectivity index (χ0n) is 21.0. The smallest absolute Gasteiger partial charge is 0.228 e. The SMILES string of the molecule is CNc1nccc(-c2cccnc2Oc2ccc(Nc3ncc(-c4ccc(F)cc4)c4ccccc34)cc2)n1. The van der Waals surface area contributed by atoms with E-state index in [9.17, 15) is 4.39 Å². The van der Waals surface area contributed by atoms with Crippen LogP contribution in [0.25, 0.3) is 33.2 Å². The van der Waals surface area contributed by atoms with E-state index < -0.39 is 0 Å². The molecule has 0 bridgehead atoms. The average Bonchev–Trinajstić information content (AvgIpc) is 2.99. The summed E-state index contributed by atoms with van der Waals surface area (Å²) < 4.78 is 19.6. The first-order valence-electron chi connectivity index (χ1n) is 12.3. The lowest BCUT2D eigenvalue weighted by molar-refractivity contribution is 0.465. The van der Waals surface area contributed by atoms with Crippen LogP contribution in [0.4, 0.5) is 21.8 Å². The number of hydrogen-bond donors (Lipinski definition) is 2. The largest absolute Gasteiger partial charge is 0.438 e. The molecule has 190 valence electrons. The molecule has 0 spiro atoms. The van der Waals surface area contributed by atoms with Crippen molar-refractivity contribution in [3.05, 3.63) is 115 Å². The Morgan fingerprint density at radius 3 is 2.31 bits per heavy atom. The van der Waals surface area contributed by atoms with Crippen molar-refractivity contribution in [3.63, 3.8) is 0 Å². The van der Waals surface area contributed by atoms with Crippen LogP contribution in [0.5, 0.6) is 11.6 Å². The van der Waals surface area contributed by atoms with Gasteiger partial charge < -0.3 is 15.4 Å². The summed E-state index contributed by atoms with van der Waals surface area (Å²) in [6.07, 6.45) is 5.18. The van der Waals surface area contributed by atoms with Gasteiger partial charge in [0.25, 0.3) is 0 Å². The topological polar surface area (TPSA) is 84.9 Å². The van der Waals surface area contributed by atoms with Crippen LogP contribution in [0.15, 0.2) is 110 Å². The van der Waals surface area contributed by atoms with Gasteiger partial charge in [0.1, 0.15) is 17.4 Å². The van der Waals surface area contributed by atoms with E-state index in [-0.39, 0.29) is 5.82 Å². The van der Waals surface area contributed by atoms with Crippen molar-refractivity contribution in [1.29, 1.82) is 0 Å². The van der Waals surface area contributed by atoms with Gasteiger partial charge in [0, 0.05) is 42.3 Å². The number of rotatable bonds is 7. The molecule has 7 nitrogen and oxygen atoms in total. The minimum Gasteiger partial charge on any atom is -0.438 e. The van der Waals surface area contributed by atoms with Crippen molar-refractivity contribution >= 4 is 28.2 Å². The molecule has 0 saturated heterocycles. The number of nitrogens with zero attached hydrogens (tertiary/aromatic N) is 4. The fourth-order valence-electron chi connectivity index (χ4n) is 4.30. The van der Waals surface area contributed by atoms with Crippen molar-refractivity contribution < 1.29 is 9.13 Å². The van der Waals surface area contributed by atoms with Gasteiger partial charge in [0.05, 0.1) is 11.3 Å². The predicted octanol–water partition coefficient (Wildman–Crippen LogP) is 7.47. The molecule has 39 heavy (non-hydrogen) atoms. The van der Waals surface area contributed by atoms with Crippen molar-refractivity contribution in [1.82, 2.24) is 19.9 Å². The van der Waals surface area contributed by atoms with Crippen molar-refractivity contribution in [3.8, 4) is 34.0 Å². The van der Waals surface area contributed by atoms with E-state index in [0.29, 0.717) is 23.3 Å². The molecule has 3 heterocycles. The van der Waals surface area contributed by atoms with Crippen molar-refractivity contribution in [2.24, 2.45) is 0 Å². The molecule has 0 aliphatic rings. The maximum absolute atomic E-state index is 13.5. The number of nitrogens with one attached hydrogen (secondary N) is 2. The summed E-state index contributed by atoms with van der Waals surface area (Å²) in [6.45, 7) is 0. The Morgan fingerprint density at radius 1 is 0.718 bits per heavy atom. The van der Waals surface area contributed by atoms with Crippen LogP contribution in [0, 0.1) is 5.82 Å². The molecule has 0 aliphatic heterocycles. The molecule has 0 atom stereocenters. The zero-order valence-corrected chi connectivity index (χ0v) is 21.0. The normalized spacial score (nSPS) is 10.8. The van der Waals surface area contributed by atoms with Gasteiger partial charge in [-0.1, -0.05) is 36.4 Å². The van der Waals surface area contributed by atoms with E-state index >= 15 is 0 Å². The van der Waals surface area contributed by atoms with Gasteiger partial charge in [-0.05, 0) is 65.5 Å². The molecule has 2 N–H and O–H groups in total. The predicted molar refractivity (Wildman–Crippen MR) is 152 cm³/mol. The van der Waals surface area contributed by atoms with E-state index in [1.807, 2.05) is 72.9 Å². The molecule has 8 heteroatoms. The number of benzene rings is 3. The van der Waals surface area contributed by atoms with Gasteiger partial charge in [-0.15, -0.1) is 0 Å². The van der Waals surface area contributed by atoms with Crippen molar-refractivity contribution in [2.75, 3.05) is 17.7 Å². The highest BCUT2D eigenvalue weighted by atomic mass is 19.1. The molecule has 3 aromatic heterocycles. The first kappa shape index (κ1) is 24.0. The van der Waals surface area contributed by atoms with Crippen LogP contribution in [-0.2, 0) is 0 Å². The Hall–Kier alpha value is -5.37. The Labute approximate surface area is 224 Å². The van der Waals surface area contributed by atoms with Crippen molar-refractivity contribution in [2.45, 2.75) is 0 Å². The van der Waals surface area contributed by atoms with Gasteiger partial charge in [0.15, 0.2) is 0 Å². The van der Waals surface area contributed by atoms with Gasteiger partial charge in [-0.3, -0.25) is 0 Å². The highest BCUT2D eigenvalue weighted by Gasteiger charge is 2.12. The Morgan fingerprint density at radius 2 is 1.51 bits per heavy atom. The molecule has 0 unspecified atom stereocenters. The fraction of sp³-hybridized carbons (Fsp3) is 0.0323. The average molecular weight is 515 g/mol. The van der Waals surface area contributed by atoms with Crippen LogP contribution >= 0.6 is 0 Å². The van der Waals surface area contributed by atoms with Gasteiger partial charge in [0.2, 0.25) is 11.8 Å². The summed E-state index contributed by atoms with van der Waals surface area (Å²) >= 11 is 0. The molecule has 0 saturated carbocycles. The molecule has 6 aromatic rings. The van der Waals surface area contributed by atoms with E-state index in [0.717, 1.165) is 39.0 Å². The molecular formula is C31H23FN6O. The second-order valence-electron chi connectivity index (χ2n) is 8.70. The minimum absolute atomic E-state index is 0.266. The number of pyridine rings is 2. The number of ether oxygens (including phenoxy) is 1. The fourth-order valence-corrected chi connectivity index (χ4v) is 4.30. The van der Waals surface area contributed by atoms with E-state index in [2.05, 4.69) is 30.6 Å². The molecule has 3 aromatic carbocycles. The standard InChI is InChI=1S/C31H23FN6O/c1-33-31-35-18-16-28(38-31)26-7-4-17-34-30(26)39-23-14-12-22(13-15-23)37-29-25-6-3-2-5-24(25)27(19-36-29)20-8-10-21(32)11-9-20/h2-19H,1H3,(H,36,37)(H,33,35,38). The lowest BCUT2D eigenvalue weighted by Crippen LogP contribution is -1.98. The minimum atomic E-state index is -0.266. The highest BCUT2D eigenvalue weighted by molar-refractivity contribution is 6.02. The summed E-state index contributed by atoms with van der Waals surface area (Å²) in [4.78, 5) is 17.8. The third-order valence-corrected chi connectivity index (χ3v) is 6.21.